The molecule has 0 bridgehead atoms. The number of esters is 1. The maximum Gasteiger partial charge on any atom is 0.305 e. The Bertz CT molecular complexity index is 1690. The number of hydrogen-bond donors (Lipinski definition) is 0. The zero-order chi connectivity index (χ0) is 25.4. The summed E-state index contributed by atoms with van der Waals surface area (Å²) >= 11 is 0. The number of carboxylic acid groups (broad SMARTS) is 1. The molecule has 7 nitrogen and oxygen atoms in total. The number of hydrogen-bond acceptors (Lipinski definition) is 6. The Hall–Kier alpha value is -4.65. The first-order valence-electron chi connectivity index (χ1n) is 11.3. The van der Waals surface area contributed by atoms with Gasteiger partial charge in [-0.05, 0) is 41.3 Å². The number of carbonyl (C=O) groups is 2. The first-order valence-corrected chi connectivity index (χ1v) is 11.3. The molecule has 0 saturated heterocycles. The third-order valence-electron chi connectivity index (χ3n) is 6.08. The van der Waals surface area contributed by atoms with Gasteiger partial charge in [-0.2, -0.15) is 0 Å². The van der Waals surface area contributed by atoms with E-state index < -0.39 is 11.9 Å². The van der Waals surface area contributed by atoms with Crippen molar-refractivity contribution in [3.05, 3.63) is 83.7 Å². The van der Waals surface area contributed by atoms with Crippen LogP contribution in [0.5, 0.6) is 5.75 Å². The second-order valence-electron chi connectivity index (χ2n) is 8.61. The molecule has 1 aliphatic heterocycles. The first kappa shape index (κ1) is 23.1. The smallest absolute Gasteiger partial charge is 0.305 e. The number of nitrogens with zero attached hydrogens (tertiary/aromatic N) is 1. The molecule has 0 fully saturated rings. The van der Waals surface area contributed by atoms with Gasteiger partial charge in [0.25, 0.3) is 0 Å². The van der Waals surface area contributed by atoms with E-state index in [1.165, 1.54) is 6.92 Å². The van der Waals surface area contributed by atoms with E-state index in [2.05, 4.69) is 0 Å². The van der Waals surface area contributed by atoms with Gasteiger partial charge in [-0.3, -0.25) is 4.79 Å². The van der Waals surface area contributed by atoms with E-state index in [-0.39, 0.29) is 12.4 Å². The van der Waals surface area contributed by atoms with Gasteiger partial charge in [0, 0.05) is 40.5 Å². The Morgan fingerprint density at radius 3 is 2.44 bits per heavy atom. The Morgan fingerprint density at radius 1 is 0.917 bits per heavy atom. The lowest BCUT2D eigenvalue weighted by atomic mass is 9.90. The van der Waals surface area contributed by atoms with Crippen molar-refractivity contribution >= 4 is 33.7 Å². The van der Waals surface area contributed by atoms with Crippen molar-refractivity contribution in [2.75, 3.05) is 20.9 Å². The zero-order valence-electron chi connectivity index (χ0n) is 20.0. The van der Waals surface area contributed by atoms with Crippen molar-refractivity contribution < 1.29 is 28.6 Å². The predicted molar refractivity (Wildman–Crippen MR) is 134 cm³/mol. The van der Waals surface area contributed by atoms with Crippen LogP contribution in [0.15, 0.2) is 77.2 Å². The van der Waals surface area contributed by atoms with Gasteiger partial charge >= 0.3 is 5.97 Å². The van der Waals surface area contributed by atoms with E-state index >= 15 is 0 Å². The molecule has 0 unspecified atom stereocenters. The maximum atomic E-state index is 12.0. The van der Waals surface area contributed by atoms with E-state index in [0.29, 0.717) is 22.7 Å². The fraction of sp³-hybridized carbons (Fsp3) is 0.138. The highest BCUT2D eigenvalue weighted by molar-refractivity contribution is 6.14. The molecular weight excluding hydrogens is 458 g/mol. The molecule has 0 aromatic heterocycles. The molecule has 1 heterocycles. The lowest BCUT2D eigenvalue weighted by molar-refractivity contribution is -0.254. The summed E-state index contributed by atoms with van der Waals surface area (Å²) in [4.78, 5) is 23.0. The summed E-state index contributed by atoms with van der Waals surface area (Å²) in [6, 6.07) is 22.0. The van der Waals surface area contributed by atoms with E-state index in [1.54, 1.807) is 24.3 Å². The molecule has 3 aromatic carbocycles. The number of carboxylic acids is 1. The van der Waals surface area contributed by atoms with Gasteiger partial charge < -0.3 is 23.8 Å². The fourth-order valence-corrected chi connectivity index (χ4v) is 4.36. The highest BCUT2D eigenvalue weighted by Crippen LogP contribution is 2.43. The molecule has 1 aliphatic carbocycles. The largest absolute Gasteiger partial charge is 0.545 e. The molecule has 0 radical (unpaired) electrons. The molecule has 180 valence electrons. The Labute approximate surface area is 206 Å². The predicted octanol–water partition coefficient (Wildman–Crippen LogP) is 3.65. The second kappa shape index (κ2) is 9.19. The van der Waals surface area contributed by atoms with Crippen molar-refractivity contribution in [2.45, 2.75) is 6.92 Å². The minimum Gasteiger partial charge on any atom is -0.545 e. The summed E-state index contributed by atoms with van der Waals surface area (Å²) in [7, 11) is 3.89. The monoisotopic (exact) mass is 481 g/mol. The van der Waals surface area contributed by atoms with Crippen molar-refractivity contribution in [3.8, 4) is 28.2 Å². The third-order valence-corrected chi connectivity index (χ3v) is 6.08. The molecule has 7 heteroatoms. The van der Waals surface area contributed by atoms with Crippen LogP contribution in [0.25, 0.3) is 44.2 Å². The van der Waals surface area contributed by atoms with Crippen LogP contribution in [0.2, 0.25) is 0 Å². The van der Waals surface area contributed by atoms with E-state index in [1.807, 2.05) is 67.2 Å². The quantitative estimate of drug-likeness (QED) is 0.125. The topological polar surface area (TPSA) is 91.8 Å². The van der Waals surface area contributed by atoms with Crippen molar-refractivity contribution in [1.29, 1.82) is 0 Å². The summed E-state index contributed by atoms with van der Waals surface area (Å²) in [5.41, 5.74) is 2.83. The Morgan fingerprint density at radius 2 is 1.69 bits per heavy atom. The molecule has 0 atom stereocenters. The fourth-order valence-electron chi connectivity index (χ4n) is 4.36. The van der Waals surface area contributed by atoms with Crippen molar-refractivity contribution in [1.82, 2.24) is 4.58 Å². The average Bonchev–Trinajstić information content (AvgIpc) is 2.86. The van der Waals surface area contributed by atoms with Crippen LogP contribution in [0, 0.1) is 0 Å². The van der Waals surface area contributed by atoms with Crippen LogP contribution in [0.4, 0.5) is 0 Å². The SMILES string of the molecule is CC(=O)OCOc1ccc2c(ccc3c(-c4ccccc4C(=O)[O-])c4ccc(=[N+](C)C)cc-4oc32)c1. The van der Waals surface area contributed by atoms with Crippen LogP contribution < -0.4 is 19.8 Å². The van der Waals surface area contributed by atoms with Crippen LogP contribution in [-0.4, -0.2) is 32.8 Å². The number of benzene rings is 4. The highest BCUT2D eigenvalue weighted by Gasteiger charge is 2.21. The standard InChI is InChI=1S/C29H23NO6/c1-17(31)34-16-35-20-10-13-21-18(14-20)8-11-25-27(22-6-4-5-7-23(22)29(32)33)24-12-9-19(30(2)3)15-26(24)36-28(21)25/h4-15H,16H2,1-3H3. The zero-order valence-corrected chi connectivity index (χ0v) is 20.0. The summed E-state index contributed by atoms with van der Waals surface area (Å²) in [6.45, 7) is 1.14. The summed E-state index contributed by atoms with van der Waals surface area (Å²) in [6.07, 6.45) is 0. The Kier molecular flexibility index (Phi) is 5.90. The number of aromatic carboxylic acids is 1. The number of rotatable bonds is 5. The maximum absolute atomic E-state index is 12.0. The van der Waals surface area contributed by atoms with Gasteiger partial charge in [0.2, 0.25) is 12.2 Å². The molecule has 3 aromatic rings. The lowest BCUT2D eigenvalue weighted by Gasteiger charge is -2.19. The second-order valence-corrected chi connectivity index (χ2v) is 8.61. The van der Waals surface area contributed by atoms with E-state index in [9.17, 15) is 14.7 Å². The minimum atomic E-state index is -1.24. The van der Waals surface area contributed by atoms with Gasteiger partial charge in [-0.15, -0.1) is 0 Å². The van der Waals surface area contributed by atoms with Gasteiger partial charge in [-0.1, -0.05) is 30.3 Å². The molecular formula is C29H23NO6. The molecule has 5 rings (SSSR count). The van der Waals surface area contributed by atoms with Crippen LogP contribution >= 0.6 is 0 Å². The summed E-state index contributed by atoms with van der Waals surface area (Å²) in [5, 5.41) is 15.4. The first-order chi connectivity index (χ1) is 17.3. The summed E-state index contributed by atoms with van der Waals surface area (Å²) in [5.74, 6) is -0.497. The van der Waals surface area contributed by atoms with Gasteiger partial charge in [0.05, 0.1) is 12.0 Å². The van der Waals surface area contributed by atoms with Gasteiger partial charge in [-0.25, -0.2) is 4.58 Å². The highest BCUT2D eigenvalue weighted by atomic mass is 16.7. The van der Waals surface area contributed by atoms with Gasteiger partial charge in [0.1, 0.15) is 31.2 Å². The van der Waals surface area contributed by atoms with Crippen molar-refractivity contribution in [3.63, 3.8) is 0 Å². The van der Waals surface area contributed by atoms with Gasteiger partial charge in [0.15, 0.2) is 0 Å². The number of fused-ring (bicyclic) bond motifs is 4. The van der Waals surface area contributed by atoms with Crippen LogP contribution in [0.1, 0.15) is 17.3 Å². The van der Waals surface area contributed by atoms with Crippen LogP contribution in [0.3, 0.4) is 0 Å². The molecule has 0 spiro atoms. The molecule has 0 N–H and O–H groups in total. The normalized spacial score (nSPS) is 11.1. The lowest BCUT2D eigenvalue weighted by Crippen LogP contribution is -2.23. The van der Waals surface area contributed by atoms with Crippen molar-refractivity contribution in [2.24, 2.45) is 0 Å². The average molecular weight is 482 g/mol. The molecule has 36 heavy (non-hydrogen) atoms. The molecule has 0 saturated carbocycles. The molecule has 2 aliphatic rings. The molecule has 0 amide bonds. The minimum absolute atomic E-state index is 0.109. The van der Waals surface area contributed by atoms with E-state index in [0.717, 1.165) is 32.6 Å². The number of ether oxygens (including phenoxy) is 2. The summed E-state index contributed by atoms with van der Waals surface area (Å²) < 4.78 is 18.8. The third kappa shape index (κ3) is 4.15. The Balaban J connectivity index is 1.82. The number of carbonyl (C=O) groups excluding carboxylic acids is 2. The van der Waals surface area contributed by atoms with Crippen LogP contribution in [-0.2, 0) is 9.53 Å². The van der Waals surface area contributed by atoms with E-state index in [4.69, 9.17) is 13.9 Å².